The van der Waals surface area contributed by atoms with Crippen molar-refractivity contribution in [3.63, 3.8) is 0 Å². The molecule has 2 aromatic carbocycles. The highest BCUT2D eigenvalue weighted by Gasteiger charge is 2.24. The van der Waals surface area contributed by atoms with Crippen molar-refractivity contribution in [2.24, 2.45) is 0 Å². The second-order valence-electron chi connectivity index (χ2n) is 5.61. The minimum atomic E-state index is -0.391. The SMILES string of the molecule is CC[C@H](C)Nc1c(-c2cc(C)c(C)cc2C)c(=O)c1=O. The molecule has 0 heterocycles. The molecule has 0 saturated heterocycles. The van der Waals surface area contributed by atoms with E-state index < -0.39 is 5.43 Å². The number of anilines is 1. The van der Waals surface area contributed by atoms with Crippen LogP contribution in [-0.4, -0.2) is 6.04 Å². The first kappa shape index (κ1) is 14.5. The lowest BCUT2D eigenvalue weighted by Crippen LogP contribution is -2.38. The first-order valence-electron chi connectivity index (χ1n) is 7.04. The maximum atomic E-state index is 11.9. The number of aryl methyl sites for hydroxylation is 3. The van der Waals surface area contributed by atoms with Crippen LogP contribution in [0.3, 0.4) is 0 Å². The smallest absolute Gasteiger partial charge is 0.250 e. The van der Waals surface area contributed by atoms with Gasteiger partial charge in [0.1, 0.15) is 0 Å². The molecule has 0 amide bonds. The lowest BCUT2D eigenvalue weighted by Gasteiger charge is -2.19. The van der Waals surface area contributed by atoms with Gasteiger partial charge in [0.25, 0.3) is 0 Å². The van der Waals surface area contributed by atoms with Gasteiger partial charge in [0.15, 0.2) is 0 Å². The molecule has 0 unspecified atom stereocenters. The van der Waals surface area contributed by atoms with Gasteiger partial charge in [0.05, 0.1) is 11.3 Å². The summed E-state index contributed by atoms with van der Waals surface area (Å²) >= 11 is 0. The Balaban J connectivity index is 2.55. The molecule has 0 fully saturated rings. The van der Waals surface area contributed by atoms with Crippen molar-refractivity contribution in [3.8, 4) is 11.1 Å². The van der Waals surface area contributed by atoms with Crippen LogP contribution in [0, 0.1) is 20.8 Å². The van der Waals surface area contributed by atoms with E-state index >= 15 is 0 Å². The van der Waals surface area contributed by atoms with E-state index in [1.165, 1.54) is 5.56 Å². The summed E-state index contributed by atoms with van der Waals surface area (Å²) in [6.45, 7) is 10.1. The first-order chi connectivity index (χ1) is 9.36. The average Bonchev–Trinajstić information content (AvgIpc) is 2.42. The molecular weight excluding hydrogens is 250 g/mol. The monoisotopic (exact) mass is 271 g/mol. The Hall–Kier alpha value is -1.90. The number of nitrogens with one attached hydrogen (secondary N) is 1. The van der Waals surface area contributed by atoms with E-state index in [1.54, 1.807) is 0 Å². The Morgan fingerprint density at radius 3 is 2.20 bits per heavy atom. The summed E-state index contributed by atoms with van der Waals surface area (Å²) in [6.07, 6.45) is 0.907. The molecule has 2 rings (SSSR count). The highest BCUT2D eigenvalue weighted by atomic mass is 16.2. The molecule has 1 atom stereocenters. The zero-order valence-corrected chi connectivity index (χ0v) is 12.8. The Bertz CT molecular complexity index is 721. The quantitative estimate of drug-likeness (QED) is 0.869. The maximum absolute atomic E-state index is 11.9. The standard InChI is InChI=1S/C17H21NO2/c1-6-12(5)18-15-14(16(19)17(15)20)13-8-10(3)9(2)7-11(13)4/h7-8,12,18H,6H2,1-5H3/t12-/m0/s1. The van der Waals surface area contributed by atoms with Crippen LogP contribution in [0.5, 0.6) is 0 Å². The minimum absolute atomic E-state index is 0.184. The van der Waals surface area contributed by atoms with Gasteiger partial charge in [-0.05, 0) is 56.4 Å². The summed E-state index contributed by atoms with van der Waals surface area (Å²) in [5.74, 6) is 0. The molecule has 0 bridgehead atoms. The van der Waals surface area contributed by atoms with Crippen LogP contribution in [0.15, 0.2) is 21.7 Å². The van der Waals surface area contributed by atoms with Crippen LogP contribution in [0.1, 0.15) is 37.0 Å². The summed E-state index contributed by atoms with van der Waals surface area (Å²) in [5, 5.41) is 3.17. The van der Waals surface area contributed by atoms with Gasteiger partial charge in [-0.1, -0.05) is 19.1 Å². The van der Waals surface area contributed by atoms with Crippen molar-refractivity contribution in [2.75, 3.05) is 5.32 Å². The molecule has 3 nitrogen and oxygen atoms in total. The van der Waals surface area contributed by atoms with Crippen molar-refractivity contribution >= 4 is 5.69 Å². The predicted octanol–water partition coefficient (Wildman–Crippen LogP) is 3.09. The predicted molar refractivity (Wildman–Crippen MR) is 84.4 cm³/mol. The molecule has 106 valence electrons. The minimum Gasteiger partial charge on any atom is -0.379 e. The van der Waals surface area contributed by atoms with Crippen LogP contribution >= 0.6 is 0 Å². The zero-order chi connectivity index (χ0) is 15.0. The fourth-order valence-corrected chi connectivity index (χ4v) is 2.36. The van der Waals surface area contributed by atoms with Crippen molar-refractivity contribution < 1.29 is 0 Å². The summed E-state index contributed by atoms with van der Waals surface area (Å²) < 4.78 is 0. The Morgan fingerprint density at radius 2 is 1.60 bits per heavy atom. The lowest BCUT2D eigenvalue weighted by atomic mass is 9.91. The van der Waals surface area contributed by atoms with Crippen LogP contribution < -0.4 is 16.2 Å². The van der Waals surface area contributed by atoms with Crippen molar-refractivity contribution in [1.82, 2.24) is 0 Å². The van der Waals surface area contributed by atoms with Crippen molar-refractivity contribution in [3.05, 3.63) is 49.3 Å². The molecule has 0 aromatic heterocycles. The van der Waals surface area contributed by atoms with Crippen LogP contribution in [0.2, 0.25) is 0 Å². The Morgan fingerprint density at radius 1 is 1.00 bits per heavy atom. The Kier molecular flexibility index (Phi) is 3.80. The van der Waals surface area contributed by atoms with E-state index in [1.807, 2.05) is 40.7 Å². The molecule has 2 aromatic rings. The highest BCUT2D eigenvalue weighted by Crippen LogP contribution is 2.29. The largest absolute Gasteiger partial charge is 0.379 e. The van der Waals surface area contributed by atoms with Gasteiger partial charge in [-0.15, -0.1) is 0 Å². The van der Waals surface area contributed by atoms with Crippen LogP contribution in [-0.2, 0) is 0 Å². The molecule has 1 N–H and O–H groups in total. The first-order valence-corrected chi connectivity index (χ1v) is 7.04. The van der Waals surface area contributed by atoms with E-state index in [2.05, 4.69) is 11.4 Å². The summed E-state index contributed by atoms with van der Waals surface area (Å²) in [6, 6.07) is 4.25. The molecule has 0 spiro atoms. The van der Waals surface area contributed by atoms with Crippen LogP contribution in [0.25, 0.3) is 11.1 Å². The fraction of sp³-hybridized carbons (Fsp3) is 0.412. The third kappa shape index (κ3) is 2.28. The average molecular weight is 271 g/mol. The molecule has 0 saturated carbocycles. The van der Waals surface area contributed by atoms with Gasteiger partial charge in [-0.25, -0.2) is 0 Å². The number of rotatable bonds is 4. The van der Waals surface area contributed by atoms with Gasteiger partial charge in [-0.2, -0.15) is 0 Å². The van der Waals surface area contributed by atoms with Crippen molar-refractivity contribution in [2.45, 2.75) is 47.1 Å². The molecule has 0 aliphatic rings. The third-order valence-electron chi connectivity index (χ3n) is 4.02. The highest BCUT2D eigenvalue weighted by molar-refractivity contribution is 5.84. The van der Waals surface area contributed by atoms with E-state index in [-0.39, 0.29) is 11.5 Å². The van der Waals surface area contributed by atoms with Crippen molar-refractivity contribution in [1.29, 1.82) is 0 Å². The summed E-state index contributed by atoms with van der Waals surface area (Å²) in [7, 11) is 0. The molecule has 0 radical (unpaired) electrons. The number of hydrogen-bond acceptors (Lipinski definition) is 3. The Labute approximate surface area is 119 Å². The molecule has 0 aliphatic heterocycles. The van der Waals surface area contributed by atoms with Gasteiger partial charge in [-0.3, -0.25) is 9.59 Å². The van der Waals surface area contributed by atoms with E-state index in [0.29, 0.717) is 11.3 Å². The second kappa shape index (κ2) is 5.23. The maximum Gasteiger partial charge on any atom is 0.250 e. The van der Waals surface area contributed by atoms with Gasteiger partial charge < -0.3 is 5.32 Å². The van der Waals surface area contributed by atoms with Gasteiger partial charge in [0.2, 0.25) is 10.9 Å². The third-order valence-corrected chi connectivity index (χ3v) is 4.02. The van der Waals surface area contributed by atoms with Crippen LogP contribution in [0.4, 0.5) is 5.69 Å². The molecule has 20 heavy (non-hydrogen) atoms. The van der Waals surface area contributed by atoms with E-state index in [0.717, 1.165) is 23.1 Å². The fourth-order valence-electron chi connectivity index (χ4n) is 2.36. The lowest BCUT2D eigenvalue weighted by molar-refractivity contribution is 0.762. The molecule has 0 aliphatic carbocycles. The van der Waals surface area contributed by atoms with E-state index in [4.69, 9.17) is 0 Å². The molecular formula is C17H21NO2. The second-order valence-corrected chi connectivity index (χ2v) is 5.61. The zero-order valence-electron chi connectivity index (χ0n) is 12.8. The summed E-state index contributed by atoms with van der Waals surface area (Å²) in [5.41, 5.74) is 4.51. The number of hydrogen-bond donors (Lipinski definition) is 1. The summed E-state index contributed by atoms with van der Waals surface area (Å²) in [4.78, 5) is 23.7. The van der Waals surface area contributed by atoms with Gasteiger partial charge >= 0.3 is 0 Å². The molecule has 3 heteroatoms. The van der Waals surface area contributed by atoms with Gasteiger partial charge in [0, 0.05) is 6.04 Å². The topological polar surface area (TPSA) is 46.2 Å². The number of benzene rings is 1. The van der Waals surface area contributed by atoms with E-state index in [9.17, 15) is 9.59 Å². The normalized spacial score (nSPS) is 12.7.